The van der Waals surface area contributed by atoms with Gasteiger partial charge in [-0.3, -0.25) is 9.78 Å². The Balaban J connectivity index is 1.76. The third-order valence-electron chi connectivity index (χ3n) is 5.21. The molecule has 1 amide bonds. The van der Waals surface area contributed by atoms with Gasteiger partial charge < -0.3 is 24.7 Å². The van der Waals surface area contributed by atoms with Gasteiger partial charge in [0.2, 0.25) is 5.91 Å². The van der Waals surface area contributed by atoms with E-state index < -0.39 is 0 Å². The van der Waals surface area contributed by atoms with Crippen molar-refractivity contribution in [3.8, 4) is 5.75 Å². The monoisotopic (exact) mass is 436 g/mol. The maximum absolute atomic E-state index is 11.9. The van der Waals surface area contributed by atoms with Crippen LogP contribution in [-0.4, -0.2) is 23.1 Å². The Hall–Kier alpha value is -3.39. The maximum atomic E-state index is 11.9. The summed E-state index contributed by atoms with van der Waals surface area (Å²) in [5.41, 5.74) is 2.30. The first-order chi connectivity index (χ1) is 15.0. The molecule has 1 aromatic carbocycles. The van der Waals surface area contributed by atoms with E-state index in [1.165, 1.54) is 0 Å². The quantitative estimate of drug-likeness (QED) is 0.550. The molecule has 160 valence electrons. The molecule has 31 heavy (non-hydrogen) atoms. The molecule has 0 radical (unpaired) electrons. The topological polar surface area (TPSA) is 79.6 Å². The van der Waals surface area contributed by atoms with E-state index in [2.05, 4.69) is 15.6 Å². The smallest absolute Gasteiger partial charge is 0.224 e. The molecule has 2 atom stereocenters. The third kappa shape index (κ3) is 4.11. The van der Waals surface area contributed by atoms with Crippen molar-refractivity contribution in [3.05, 3.63) is 71.9 Å². The summed E-state index contributed by atoms with van der Waals surface area (Å²) in [6.45, 7) is 3.72. The van der Waals surface area contributed by atoms with Crippen LogP contribution in [0, 0.1) is 6.92 Å². The van der Waals surface area contributed by atoms with Crippen LogP contribution in [0.3, 0.4) is 0 Å². The fraction of sp³-hybridized carbons (Fsp3) is 0.261. The Morgan fingerprint density at radius 3 is 2.77 bits per heavy atom. The van der Waals surface area contributed by atoms with Gasteiger partial charge in [0.05, 0.1) is 24.5 Å². The minimum absolute atomic E-state index is 0.0800. The summed E-state index contributed by atoms with van der Waals surface area (Å²) in [5, 5.41) is 6.81. The summed E-state index contributed by atoms with van der Waals surface area (Å²) in [6, 6.07) is 14.9. The van der Waals surface area contributed by atoms with Gasteiger partial charge in [0, 0.05) is 24.4 Å². The Kier molecular flexibility index (Phi) is 5.90. The number of hydrogen-bond acceptors (Lipinski definition) is 5. The number of anilines is 2. The number of nitrogens with one attached hydrogen (secondary N) is 2. The Morgan fingerprint density at radius 2 is 2.13 bits per heavy atom. The first-order valence-electron chi connectivity index (χ1n) is 10.1. The van der Waals surface area contributed by atoms with E-state index >= 15 is 0 Å². The van der Waals surface area contributed by atoms with Gasteiger partial charge in [-0.05, 0) is 55.5 Å². The summed E-state index contributed by atoms with van der Waals surface area (Å²) >= 11 is 5.72. The van der Waals surface area contributed by atoms with Crippen LogP contribution in [0.25, 0.3) is 0 Å². The van der Waals surface area contributed by atoms with Crippen LogP contribution in [0.1, 0.15) is 42.6 Å². The summed E-state index contributed by atoms with van der Waals surface area (Å²) in [7, 11) is 1.57. The van der Waals surface area contributed by atoms with Gasteiger partial charge in [-0.25, -0.2) is 0 Å². The van der Waals surface area contributed by atoms with E-state index in [-0.39, 0.29) is 18.0 Å². The van der Waals surface area contributed by atoms with E-state index in [1.54, 1.807) is 20.2 Å². The van der Waals surface area contributed by atoms with Crippen molar-refractivity contribution in [2.24, 2.45) is 0 Å². The van der Waals surface area contributed by atoms with Gasteiger partial charge in [0.1, 0.15) is 23.3 Å². The highest BCUT2D eigenvalue weighted by Gasteiger charge is 2.42. The Labute approximate surface area is 186 Å². The zero-order chi connectivity index (χ0) is 22.0. The van der Waals surface area contributed by atoms with Gasteiger partial charge >= 0.3 is 0 Å². The zero-order valence-electron chi connectivity index (χ0n) is 17.6. The minimum Gasteiger partial charge on any atom is -0.494 e. The molecule has 0 bridgehead atoms. The molecule has 1 aliphatic heterocycles. The molecular formula is C23H24N4O3S. The number of carbonyl (C=O) groups is 1. The van der Waals surface area contributed by atoms with Crippen molar-refractivity contribution in [1.82, 2.24) is 10.3 Å². The van der Waals surface area contributed by atoms with Crippen LogP contribution in [0.15, 0.2) is 59.1 Å². The van der Waals surface area contributed by atoms with Crippen LogP contribution in [0.4, 0.5) is 11.4 Å². The fourth-order valence-corrected chi connectivity index (χ4v) is 4.05. The Morgan fingerprint density at radius 1 is 1.29 bits per heavy atom. The maximum Gasteiger partial charge on any atom is 0.224 e. The SMILES string of the molecule is CCC(=O)Nc1ccc(N2C(=S)N[C@@H](c3ccccn3)[C@H]2c2ccc(C)o2)cc1OC. The number of benzene rings is 1. The standard InChI is InChI=1S/C23H24N4O3S/c1-4-20(28)25-16-10-9-15(13-19(16)29-3)27-22(18-11-8-14(2)30-18)21(26-23(27)31)17-7-5-6-12-24-17/h5-13,21-22H,4H2,1-3H3,(H,25,28)(H,26,31)/t21-,22+/m0/s1. The second-order valence-electron chi connectivity index (χ2n) is 7.23. The lowest BCUT2D eigenvalue weighted by Crippen LogP contribution is -2.29. The number of thiocarbonyl (C=S) groups is 1. The summed E-state index contributed by atoms with van der Waals surface area (Å²) < 4.78 is 11.6. The van der Waals surface area contributed by atoms with Crippen LogP contribution >= 0.6 is 12.2 Å². The number of rotatable bonds is 6. The summed E-state index contributed by atoms with van der Waals surface area (Å²) in [5.74, 6) is 2.08. The number of methoxy groups -OCH3 is 1. The molecule has 4 rings (SSSR count). The van der Waals surface area contributed by atoms with Gasteiger partial charge in [-0.1, -0.05) is 13.0 Å². The molecule has 2 aromatic heterocycles. The molecular weight excluding hydrogens is 412 g/mol. The van der Waals surface area contributed by atoms with Crippen LogP contribution in [-0.2, 0) is 4.79 Å². The fourth-order valence-electron chi connectivity index (χ4n) is 3.71. The van der Waals surface area contributed by atoms with Gasteiger partial charge in [0.15, 0.2) is 5.11 Å². The summed E-state index contributed by atoms with van der Waals surface area (Å²) in [6.07, 6.45) is 2.15. The molecule has 8 heteroatoms. The molecule has 3 heterocycles. The predicted molar refractivity (Wildman–Crippen MR) is 123 cm³/mol. The second-order valence-corrected chi connectivity index (χ2v) is 7.62. The lowest BCUT2D eigenvalue weighted by Gasteiger charge is -2.26. The second kappa shape index (κ2) is 8.77. The number of aryl methyl sites for hydroxylation is 1. The lowest BCUT2D eigenvalue weighted by atomic mass is 10.0. The zero-order valence-corrected chi connectivity index (χ0v) is 18.4. The van der Waals surface area contributed by atoms with Crippen molar-refractivity contribution in [3.63, 3.8) is 0 Å². The van der Waals surface area contributed by atoms with E-state index in [0.29, 0.717) is 23.0 Å². The van der Waals surface area contributed by atoms with Crippen molar-refractivity contribution in [2.45, 2.75) is 32.4 Å². The minimum atomic E-state index is -0.239. The van der Waals surface area contributed by atoms with Crippen LogP contribution in [0.5, 0.6) is 5.75 Å². The molecule has 2 N–H and O–H groups in total. The van der Waals surface area contributed by atoms with Crippen molar-refractivity contribution < 1.29 is 13.9 Å². The van der Waals surface area contributed by atoms with E-state index in [4.69, 9.17) is 21.4 Å². The molecule has 3 aromatic rings. The number of amides is 1. The first-order valence-corrected chi connectivity index (χ1v) is 10.5. The van der Waals surface area contributed by atoms with Crippen molar-refractivity contribution in [2.75, 3.05) is 17.3 Å². The lowest BCUT2D eigenvalue weighted by molar-refractivity contribution is -0.115. The normalized spacial score (nSPS) is 18.0. The first kappa shape index (κ1) is 20.9. The molecule has 1 aliphatic rings. The van der Waals surface area contributed by atoms with Crippen LogP contribution in [0.2, 0.25) is 0 Å². The number of ether oxygens (including phenoxy) is 1. The highest BCUT2D eigenvalue weighted by atomic mass is 32.1. The van der Waals surface area contributed by atoms with Crippen molar-refractivity contribution >= 4 is 34.6 Å². The van der Waals surface area contributed by atoms with E-state index in [0.717, 1.165) is 22.9 Å². The van der Waals surface area contributed by atoms with Gasteiger partial charge in [-0.2, -0.15) is 0 Å². The number of hydrogen-bond donors (Lipinski definition) is 2. The predicted octanol–water partition coefficient (Wildman–Crippen LogP) is 4.52. The van der Waals surface area contributed by atoms with Gasteiger partial charge in [0.25, 0.3) is 0 Å². The molecule has 7 nitrogen and oxygen atoms in total. The number of carbonyl (C=O) groups excluding carboxylic acids is 1. The van der Waals surface area contributed by atoms with E-state index in [1.807, 2.05) is 60.4 Å². The average Bonchev–Trinajstić information content (AvgIpc) is 3.37. The highest BCUT2D eigenvalue weighted by molar-refractivity contribution is 7.80. The molecule has 1 fully saturated rings. The van der Waals surface area contributed by atoms with Crippen molar-refractivity contribution in [1.29, 1.82) is 0 Å². The molecule has 0 unspecified atom stereocenters. The number of furan rings is 1. The third-order valence-corrected chi connectivity index (χ3v) is 5.52. The molecule has 0 spiro atoms. The number of nitrogens with zero attached hydrogens (tertiary/aromatic N) is 2. The molecule has 0 aliphatic carbocycles. The van der Waals surface area contributed by atoms with Crippen LogP contribution < -0.4 is 20.3 Å². The average molecular weight is 437 g/mol. The van der Waals surface area contributed by atoms with E-state index in [9.17, 15) is 4.79 Å². The Bertz CT molecular complexity index is 1100. The largest absolute Gasteiger partial charge is 0.494 e. The molecule has 0 saturated carbocycles. The molecule has 1 saturated heterocycles. The highest BCUT2D eigenvalue weighted by Crippen LogP contribution is 2.43. The number of aromatic nitrogens is 1. The van der Waals surface area contributed by atoms with Gasteiger partial charge in [-0.15, -0.1) is 0 Å². The summed E-state index contributed by atoms with van der Waals surface area (Å²) in [4.78, 5) is 18.4. The number of pyridine rings is 1.